The van der Waals surface area contributed by atoms with Gasteiger partial charge in [-0.3, -0.25) is 0 Å². The van der Waals surface area contributed by atoms with Crippen molar-refractivity contribution >= 4 is 11.3 Å². The zero-order valence-corrected chi connectivity index (χ0v) is 10.1. The van der Waals surface area contributed by atoms with Crippen molar-refractivity contribution in [3.05, 3.63) is 22.4 Å². The summed E-state index contributed by atoms with van der Waals surface area (Å²) < 4.78 is 0. The second-order valence-electron chi connectivity index (χ2n) is 4.82. The Hall–Kier alpha value is -0.340. The number of rotatable bonds is 5. The number of thiophene rings is 1. The molecule has 0 saturated heterocycles. The number of nitrogens with two attached hydrogens (primary N) is 1. The van der Waals surface area contributed by atoms with Gasteiger partial charge in [-0.05, 0) is 47.6 Å². The van der Waals surface area contributed by atoms with Gasteiger partial charge >= 0.3 is 0 Å². The predicted octanol–water partition coefficient (Wildman–Crippen LogP) is 3.59. The van der Waals surface area contributed by atoms with E-state index in [0.29, 0.717) is 6.04 Å². The van der Waals surface area contributed by atoms with Crippen LogP contribution in [0.25, 0.3) is 0 Å². The molecule has 1 aliphatic rings. The van der Waals surface area contributed by atoms with Crippen LogP contribution in [0.4, 0.5) is 0 Å². The van der Waals surface area contributed by atoms with E-state index in [1.165, 1.54) is 44.1 Å². The predicted molar refractivity (Wildman–Crippen MR) is 67.2 cm³/mol. The first-order valence-corrected chi connectivity index (χ1v) is 7.05. The van der Waals surface area contributed by atoms with E-state index in [-0.39, 0.29) is 0 Å². The fourth-order valence-electron chi connectivity index (χ4n) is 2.56. The molecule has 0 radical (unpaired) electrons. The van der Waals surface area contributed by atoms with E-state index < -0.39 is 0 Å². The van der Waals surface area contributed by atoms with E-state index >= 15 is 0 Å². The van der Waals surface area contributed by atoms with Gasteiger partial charge in [0.15, 0.2) is 0 Å². The molecule has 1 atom stereocenters. The van der Waals surface area contributed by atoms with Crippen LogP contribution in [0.15, 0.2) is 16.8 Å². The average Bonchev–Trinajstić information content (AvgIpc) is 2.86. The third kappa shape index (κ3) is 3.62. The Labute approximate surface area is 96.7 Å². The zero-order valence-electron chi connectivity index (χ0n) is 9.32. The molecule has 1 saturated carbocycles. The summed E-state index contributed by atoms with van der Waals surface area (Å²) in [6.07, 6.45) is 9.42. The molecule has 84 valence electrons. The molecule has 2 rings (SSSR count). The van der Waals surface area contributed by atoms with E-state index in [4.69, 9.17) is 5.73 Å². The highest BCUT2D eigenvalue weighted by molar-refractivity contribution is 7.07. The van der Waals surface area contributed by atoms with Crippen LogP contribution in [0.1, 0.15) is 44.1 Å². The Bertz CT molecular complexity index is 262. The molecule has 1 heterocycles. The van der Waals surface area contributed by atoms with Crippen molar-refractivity contribution in [2.45, 2.75) is 51.0 Å². The Kier molecular flexibility index (Phi) is 4.21. The van der Waals surface area contributed by atoms with Gasteiger partial charge in [0.2, 0.25) is 0 Å². The van der Waals surface area contributed by atoms with Crippen LogP contribution in [-0.4, -0.2) is 6.04 Å². The third-order valence-electron chi connectivity index (χ3n) is 3.50. The molecule has 1 unspecified atom stereocenters. The van der Waals surface area contributed by atoms with Gasteiger partial charge in [0, 0.05) is 6.04 Å². The summed E-state index contributed by atoms with van der Waals surface area (Å²) in [6, 6.07) is 2.57. The first-order valence-electron chi connectivity index (χ1n) is 6.11. The van der Waals surface area contributed by atoms with E-state index in [0.717, 1.165) is 12.3 Å². The maximum absolute atomic E-state index is 6.15. The van der Waals surface area contributed by atoms with Crippen LogP contribution >= 0.6 is 11.3 Å². The topological polar surface area (TPSA) is 26.0 Å². The molecule has 2 N–H and O–H groups in total. The van der Waals surface area contributed by atoms with Crippen LogP contribution in [0.3, 0.4) is 0 Å². The van der Waals surface area contributed by atoms with Crippen LogP contribution in [0.5, 0.6) is 0 Å². The first-order chi connectivity index (χ1) is 7.34. The molecule has 1 aliphatic carbocycles. The molecule has 1 nitrogen and oxygen atoms in total. The first kappa shape index (κ1) is 11.2. The van der Waals surface area contributed by atoms with Crippen molar-refractivity contribution in [2.75, 3.05) is 0 Å². The molecule has 0 bridgehead atoms. The zero-order chi connectivity index (χ0) is 10.5. The van der Waals surface area contributed by atoms with Crippen molar-refractivity contribution in [3.63, 3.8) is 0 Å². The van der Waals surface area contributed by atoms with Crippen molar-refractivity contribution in [1.29, 1.82) is 0 Å². The third-order valence-corrected chi connectivity index (χ3v) is 4.23. The molecule has 15 heavy (non-hydrogen) atoms. The van der Waals surface area contributed by atoms with Crippen LogP contribution in [0.2, 0.25) is 0 Å². The fraction of sp³-hybridized carbons (Fsp3) is 0.692. The minimum Gasteiger partial charge on any atom is -0.327 e. The second-order valence-corrected chi connectivity index (χ2v) is 5.60. The maximum Gasteiger partial charge on any atom is 0.00797 e. The number of hydrogen-bond acceptors (Lipinski definition) is 2. The molecule has 0 amide bonds. The smallest absolute Gasteiger partial charge is 0.00797 e. The highest BCUT2D eigenvalue weighted by Crippen LogP contribution is 2.29. The van der Waals surface area contributed by atoms with Gasteiger partial charge < -0.3 is 5.73 Å². The SMILES string of the molecule is NC(CCC1CCCC1)Cc1ccsc1. The van der Waals surface area contributed by atoms with Gasteiger partial charge in [-0.15, -0.1) is 0 Å². The average molecular weight is 223 g/mol. The van der Waals surface area contributed by atoms with E-state index in [9.17, 15) is 0 Å². The van der Waals surface area contributed by atoms with E-state index in [2.05, 4.69) is 16.8 Å². The lowest BCUT2D eigenvalue weighted by atomic mass is 9.96. The molecule has 0 spiro atoms. The summed E-state index contributed by atoms with van der Waals surface area (Å²) >= 11 is 1.77. The molecule has 1 aromatic rings. The summed E-state index contributed by atoms with van der Waals surface area (Å²) in [5.74, 6) is 0.985. The maximum atomic E-state index is 6.15. The van der Waals surface area contributed by atoms with Crippen molar-refractivity contribution < 1.29 is 0 Å². The van der Waals surface area contributed by atoms with Crippen molar-refractivity contribution in [2.24, 2.45) is 11.7 Å². The second kappa shape index (κ2) is 5.66. The van der Waals surface area contributed by atoms with Crippen molar-refractivity contribution in [1.82, 2.24) is 0 Å². The summed E-state index contributed by atoms with van der Waals surface area (Å²) in [4.78, 5) is 0. The lowest BCUT2D eigenvalue weighted by molar-refractivity contribution is 0.447. The molecular formula is C13H21NS. The minimum absolute atomic E-state index is 0.375. The quantitative estimate of drug-likeness (QED) is 0.811. The van der Waals surface area contributed by atoms with Crippen LogP contribution in [-0.2, 0) is 6.42 Å². The standard InChI is InChI=1S/C13H21NS/c14-13(9-12-7-8-15-10-12)6-5-11-3-1-2-4-11/h7-8,10-11,13H,1-6,9,14H2. The van der Waals surface area contributed by atoms with Crippen LogP contribution < -0.4 is 5.73 Å². The van der Waals surface area contributed by atoms with Gasteiger partial charge in [-0.1, -0.05) is 25.7 Å². The van der Waals surface area contributed by atoms with Gasteiger partial charge in [-0.2, -0.15) is 11.3 Å². The monoisotopic (exact) mass is 223 g/mol. The highest BCUT2D eigenvalue weighted by atomic mass is 32.1. The summed E-state index contributed by atoms with van der Waals surface area (Å²) in [5.41, 5.74) is 7.56. The normalized spacial score (nSPS) is 19.5. The highest BCUT2D eigenvalue weighted by Gasteiger charge is 2.16. The Morgan fingerprint density at radius 3 is 2.87 bits per heavy atom. The molecule has 1 fully saturated rings. The lowest BCUT2D eigenvalue weighted by Crippen LogP contribution is -2.23. The Morgan fingerprint density at radius 2 is 2.20 bits per heavy atom. The molecular weight excluding hydrogens is 202 g/mol. The molecule has 0 aromatic carbocycles. The molecule has 1 aromatic heterocycles. The van der Waals surface area contributed by atoms with E-state index in [1.807, 2.05) is 0 Å². The minimum atomic E-state index is 0.375. The van der Waals surface area contributed by atoms with Gasteiger partial charge in [0.25, 0.3) is 0 Å². The largest absolute Gasteiger partial charge is 0.327 e. The van der Waals surface area contributed by atoms with Gasteiger partial charge in [0.1, 0.15) is 0 Å². The number of hydrogen-bond donors (Lipinski definition) is 1. The van der Waals surface area contributed by atoms with Gasteiger partial charge in [-0.25, -0.2) is 0 Å². The van der Waals surface area contributed by atoms with Crippen molar-refractivity contribution in [3.8, 4) is 0 Å². The molecule has 2 heteroatoms. The van der Waals surface area contributed by atoms with Gasteiger partial charge in [0.05, 0.1) is 0 Å². The summed E-state index contributed by atoms with van der Waals surface area (Å²) in [7, 11) is 0. The Balaban J connectivity index is 1.66. The Morgan fingerprint density at radius 1 is 1.40 bits per heavy atom. The molecule has 0 aliphatic heterocycles. The fourth-order valence-corrected chi connectivity index (χ4v) is 3.24. The summed E-state index contributed by atoms with van der Waals surface area (Å²) in [5, 5.41) is 4.36. The summed E-state index contributed by atoms with van der Waals surface area (Å²) in [6.45, 7) is 0. The van der Waals surface area contributed by atoms with Crippen LogP contribution in [0, 0.1) is 5.92 Å². The lowest BCUT2D eigenvalue weighted by Gasteiger charge is -2.13. The van der Waals surface area contributed by atoms with E-state index in [1.54, 1.807) is 11.3 Å².